The molecule has 0 N–H and O–H groups in total. The summed E-state index contributed by atoms with van der Waals surface area (Å²) in [5.74, 6) is 0. The SMILES string of the molecule is CC(C)(C)c1cc(-c2cccc(-c3ccccc3)c2N2CN(c3ccccc3)c3ccccc32)cc(C(C)(C)C)c1. The minimum Gasteiger partial charge on any atom is -0.321 e. The third kappa shape index (κ3) is 5.15. The Morgan fingerprint density at radius 2 is 0.951 bits per heavy atom. The first-order valence-electron chi connectivity index (χ1n) is 14.7. The number of hydrogen-bond donors (Lipinski definition) is 0. The van der Waals surface area contributed by atoms with Crippen molar-refractivity contribution >= 4 is 22.7 Å². The quantitative estimate of drug-likeness (QED) is 0.225. The van der Waals surface area contributed by atoms with E-state index in [9.17, 15) is 0 Å². The Bertz CT molecular complexity index is 1640. The van der Waals surface area contributed by atoms with Crippen LogP contribution in [-0.2, 0) is 10.8 Å². The lowest BCUT2D eigenvalue weighted by Crippen LogP contribution is -2.25. The van der Waals surface area contributed by atoms with E-state index in [0.29, 0.717) is 0 Å². The Morgan fingerprint density at radius 3 is 1.51 bits per heavy atom. The predicted octanol–water partition coefficient (Wildman–Crippen LogP) is 10.9. The number of rotatable bonds is 4. The average Bonchev–Trinajstić information content (AvgIpc) is 3.36. The summed E-state index contributed by atoms with van der Waals surface area (Å²) >= 11 is 0. The first kappa shape index (κ1) is 26.9. The minimum atomic E-state index is 0.0393. The van der Waals surface area contributed by atoms with Gasteiger partial charge in [-0.25, -0.2) is 0 Å². The van der Waals surface area contributed by atoms with Crippen molar-refractivity contribution in [2.24, 2.45) is 0 Å². The van der Waals surface area contributed by atoms with E-state index < -0.39 is 0 Å². The Morgan fingerprint density at radius 1 is 0.463 bits per heavy atom. The monoisotopic (exact) mass is 536 g/mol. The van der Waals surface area contributed by atoms with Crippen LogP contribution >= 0.6 is 0 Å². The van der Waals surface area contributed by atoms with Crippen molar-refractivity contribution in [2.45, 2.75) is 52.4 Å². The minimum absolute atomic E-state index is 0.0393. The second kappa shape index (κ2) is 10.3. The van der Waals surface area contributed by atoms with Gasteiger partial charge in [-0.3, -0.25) is 0 Å². The Balaban J connectivity index is 1.63. The van der Waals surface area contributed by atoms with Crippen LogP contribution in [0.1, 0.15) is 52.7 Å². The van der Waals surface area contributed by atoms with Crippen LogP contribution in [-0.4, -0.2) is 6.67 Å². The molecule has 41 heavy (non-hydrogen) atoms. The molecule has 0 saturated heterocycles. The maximum absolute atomic E-state index is 2.51. The molecule has 1 aliphatic heterocycles. The summed E-state index contributed by atoms with van der Waals surface area (Å²) in [6.45, 7) is 14.6. The van der Waals surface area contributed by atoms with Gasteiger partial charge >= 0.3 is 0 Å². The van der Waals surface area contributed by atoms with Crippen molar-refractivity contribution in [3.8, 4) is 22.3 Å². The lowest BCUT2D eigenvalue weighted by Gasteiger charge is -2.29. The molecule has 0 saturated carbocycles. The maximum atomic E-state index is 2.51. The van der Waals surface area contributed by atoms with Crippen molar-refractivity contribution in [2.75, 3.05) is 16.5 Å². The molecule has 206 valence electrons. The normalized spacial score (nSPS) is 13.4. The molecule has 6 rings (SSSR count). The number of benzene rings is 5. The molecule has 0 fully saturated rings. The molecule has 0 unspecified atom stereocenters. The van der Waals surface area contributed by atoms with E-state index in [-0.39, 0.29) is 10.8 Å². The van der Waals surface area contributed by atoms with Crippen LogP contribution in [0.25, 0.3) is 22.3 Å². The molecule has 5 aromatic carbocycles. The Kier molecular flexibility index (Phi) is 6.74. The van der Waals surface area contributed by atoms with Gasteiger partial charge in [0.05, 0.1) is 17.1 Å². The zero-order valence-electron chi connectivity index (χ0n) is 25.1. The van der Waals surface area contributed by atoms with Crippen molar-refractivity contribution in [3.05, 3.63) is 132 Å². The van der Waals surface area contributed by atoms with E-state index in [0.717, 1.165) is 6.67 Å². The molecule has 1 heterocycles. The van der Waals surface area contributed by atoms with Crippen molar-refractivity contribution in [3.63, 3.8) is 0 Å². The highest BCUT2D eigenvalue weighted by atomic mass is 15.4. The second-order valence-electron chi connectivity index (χ2n) is 13.2. The highest BCUT2D eigenvalue weighted by Gasteiger charge is 2.31. The summed E-state index contributed by atoms with van der Waals surface area (Å²) in [4.78, 5) is 4.94. The molecule has 2 nitrogen and oxygen atoms in total. The molecule has 1 aliphatic rings. The van der Waals surface area contributed by atoms with Gasteiger partial charge in [0.2, 0.25) is 0 Å². The van der Waals surface area contributed by atoms with Crippen molar-refractivity contribution in [1.29, 1.82) is 0 Å². The predicted molar refractivity (Wildman–Crippen MR) is 177 cm³/mol. The van der Waals surface area contributed by atoms with Gasteiger partial charge in [0.25, 0.3) is 0 Å². The maximum Gasteiger partial charge on any atom is 0.100 e. The summed E-state index contributed by atoms with van der Waals surface area (Å²) in [7, 11) is 0. The van der Waals surface area contributed by atoms with E-state index in [2.05, 4.69) is 173 Å². The van der Waals surface area contributed by atoms with Crippen LogP contribution in [0.15, 0.2) is 121 Å². The lowest BCUT2D eigenvalue weighted by molar-refractivity contribution is 0.569. The highest BCUT2D eigenvalue weighted by Crippen LogP contribution is 2.50. The highest BCUT2D eigenvalue weighted by molar-refractivity contribution is 5.98. The molecule has 5 aromatic rings. The van der Waals surface area contributed by atoms with Gasteiger partial charge in [-0.2, -0.15) is 0 Å². The van der Waals surface area contributed by atoms with Crippen LogP contribution in [0.2, 0.25) is 0 Å². The molecule has 0 radical (unpaired) electrons. The van der Waals surface area contributed by atoms with Crippen LogP contribution in [0.4, 0.5) is 22.7 Å². The molecule has 0 bridgehead atoms. The standard InChI is InChI=1S/C39H40N2/c1-38(2,3)30-24-29(25-31(26-30)39(4,5)6)34-21-15-20-33(28-16-9-7-10-17-28)37(34)41-27-40(32-18-11-8-12-19-32)35-22-13-14-23-36(35)41/h7-26H,27H2,1-6H3. The van der Waals surface area contributed by atoms with E-state index in [1.807, 2.05) is 0 Å². The molecular weight excluding hydrogens is 496 g/mol. The third-order valence-corrected chi connectivity index (χ3v) is 8.18. The Hall–Kier alpha value is -4.30. The molecule has 0 spiro atoms. The number of hydrogen-bond acceptors (Lipinski definition) is 2. The first-order valence-corrected chi connectivity index (χ1v) is 14.7. The summed E-state index contributed by atoms with van der Waals surface area (Å²) in [6, 6.07) is 44.4. The van der Waals surface area contributed by atoms with E-state index in [1.165, 1.54) is 56.1 Å². The number of fused-ring (bicyclic) bond motifs is 1. The first-order chi connectivity index (χ1) is 19.6. The zero-order valence-corrected chi connectivity index (χ0v) is 25.1. The average molecular weight is 537 g/mol. The van der Waals surface area contributed by atoms with Gasteiger partial charge in [0, 0.05) is 16.8 Å². The molecule has 0 atom stereocenters. The van der Waals surface area contributed by atoms with Gasteiger partial charge in [-0.15, -0.1) is 0 Å². The Labute approximate surface area is 245 Å². The fourth-order valence-corrected chi connectivity index (χ4v) is 5.80. The topological polar surface area (TPSA) is 6.48 Å². The van der Waals surface area contributed by atoms with E-state index in [4.69, 9.17) is 0 Å². The van der Waals surface area contributed by atoms with Gasteiger partial charge in [0.1, 0.15) is 6.67 Å². The van der Waals surface area contributed by atoms with E-state index in [1.54, 1.807) is 0 Å². The van der Waals surface area contributed by atoms with Gasteiger partial charge in [-0.05, 0) is 57.3 Å². The molecule has 0 aromatic heterocycles. The summed E-state index contributed by atoms with van der Waals surface area (Å²) in [6.07, 6.45) is 0. The van der Waals surface area contributed by atoms with Crippen LogP contribution in [0, 0.1) is 0 Å². The molecule has 2 heteroatoms. The zero-order chi connectivity index (χ0) is 28.8. The third-order valence-electron chi connectivity index (χ3n) is 8.18. The van der Waals surface area contributed by atoms with Crippen LogP contribution < -0.4 is 9.80 Å². The van der Waals surface area contributed by atoms with Crippen molar-refractivity contribution in [1.82, 2.24) is 0 Å². The van der Waals surface area contributed by atoms with Crippen LogP contribution in [0.3, 0.4) is 0 Å². The summed E-state index contributed by atoms with van der Waals surface area (Å²) in [5, 5.41) is 0. The van der Waals surface area contributed by atoms with Gasteiger partial charge in [-0.1, -0.05) is 139 Å². The van der Waals surface area contributed by atoms with Gasteiger partial charge in [0.15, 0.2) is 0 Å². The summed E-state index contributed by atoms with van der Waals surface area (Å²) in [5.41, 5.74) is 12.7. The van der Waals surface area contributed by atoms with E-state index >= 15 is 0 Å². The summed E-state index contributed by atoms with van der Waals surface area (Å²) < 4.78 is 0. The lowest BCUT2D eigenvalue weighted by atomic mass is 9.78. The molecule has 0 amide bonds. The van der Waals surface area contributed by atoms with Crippen LogP contribution in [0.5, 0.6) is 0 Å². The second-order valence-corrected chi connectivity index (χ2v) is 13.2. The smallest absolute Gasteiger partial charge is 0.100 e. The fraction of sp³-hybridized carbons (Fsp3) is 0.231. The number of para-hydroxylation sites is 4. The fourth-order valence-electron chi connectivity index (χ4n) is 5.80. The number of nitrogens with zero attached hydrogens (tertiary/aromatic N) is 2. The van der Waals surface area contributed by atoms with Gasteiger partial charge < -0.3 is 9.80 Å². The number of anilines is 4. The van der Waals surface area contributed by atoms with Crippen molar-refractivity contribution < 1.29 is 0 Å². The molecule has 0 aliphatic carbocycles. The largest absolute Gasteiger partial charge is 0.321 e. The molecular formula is C39H40N2.